The van der Waals surface area contributed by atoms with Crippen LogP contribution in [0.2, 0.25) is 0 Å². The SMILES string of the molecule is C/C(=N/NC(=O)C(=O)N/N=C(/C)c1ccc(NC(=O)c2ccco2)cc1)c1ccc(NC(=O)c2ccco2)cc1. The predicted molar refractivity (Wildman–Crippen MR) is 147 cm³/mol. The van der Waals surface area contributed by atoms with E-state index in [2.05, 4.69) is 31.7 Å². The summed E-state index contributed by atoms with van der Waals surface area (Å²) >= 11 is 0. The molecule has 0 aliphatic heterocycles. The molecule has 0 aliphatic carbocycles. The first kappa shape index (κ1) is 27.3. The quantitative estimate of drug-likeness (QED) is 0.151. The van der Waals surface area contributed by atoms with Crippen molar-refractivity contribution in [3.05, 3.63) is 108 Å². The molecule has 2 heterocycles. The molecular formula is C28H24N6O6. The van der Waals surface area contributed by atoms with Crippen LogP contribution in [0.5, 0.6) is 0 Å². The number of hydrogen-bond acceptors (Lipinski definition) is 8. The fourth-order valence-corrected chi connectivity index (χ4v) is 3.29. The van der Waals surface area contributed by atoms with Crippen molar-refractivity contribution in [2.75, 3.05) is 10.6 Å². The van der Waals surface area contributed by atoms with Gasteiger partial charge in [0.25, 0.3) is 11.8 Å². The molecule has 0 atom stereocenters. The highest BCUT2D eigenvalue weighted by atomic mass is 16.3. The summed E-state index contributed by atoms with van der Waals surface area (Å²) < 4.78 is 10.1. The number of furan rings is 2. The maximum absolute atomic E-state index is 12.2. The Morgan fingerprint density at radius 2 is 0.950 bits per heavy atom. The Kier molecular flexibility index (Phi) is 8.62. The third-order valence-corrected chi connectivity index (χ3v) is 5.47. The lowest BCUT2D eigenvalue weighted by Gasteiger charge is -2.06. The van der Waals surface area contributed by atoms with Crippen LogP contribution in [0.1, 0.15) is 46.1 Å². The second kappa shape index (κ2) is 12.6. The Labute approximate surface area is 228 Å². The first-order valence-corrected chi connectivity index (χ1v) is 11.9. The van der Waals surface area contributed by atoms with E-state index in [1.54, 1.807) is 86.6 Å². The van der Waals surface area contributed by atoms with E-state index in [9.17, 15) is 19.2 Å². The van der Waals surface area contributed by atoms with Gasteiger partial charge in [-0.2, -0.15) is 10.2 Å². The molecule has 0 aliphatic rings. The van der Waals surface area contributed by atoms with E-state index in [0.717, 1.165) is 0 Å². The molecular weight excluding hydrogens is 516 g/mol. The lowest BCUT2D eigenvalue weighted by molar-refractivity contribution is -0.139. The first-order chi connectivity index (χ1) is 19.3. The zero-order chi connectivity index (χ0) is 28.5. The van der Waals surface area contributed by atoms with Crippen molar-refractivity contribution >= 4 is 46.4 Å². The van der Waals surface area contributed by atoms with E-state index < -0.39 is 11.8 Å². The van der Waals surface area contributed by atoms with E-state index >= 15 is 0 Å². The molecule has 4 amide bonds. The largest absolute Gasteiger partial charge is 0.459 e. The Morgan fingerprint density at radius 3 is 1.27 bits per heavy atom. The molecule has 4 rings (SSSR count). The lowest BCUT2D eigenvalue weighted by atomic mass is 10.1. The molecule has 40 heavy (non-hydrogen) atoms. The molecule has 0 unspecified atom stereocenters. The van der Waals surface area contributed by atoms with Gasteiger partial charge in [0.15, 0.2) is 11.5 Å². The lowest BCUT2D eigenvalue weighted by Crippen LogP contribution is -2.36. The molecule has 0 fully saturated rings. The smallest absolute Gasteiger partial charge is 0.331 e. The number of hydrogen-bond donors (Lipinski definition) is 4. The van der Waals surface area contributed by atoms with Gasteiger partial charge in [-0.3, -0.25) is 19.2 Å². The van der Waals surface area contributed by atoms with Crippen LogP contribution in [0.25, 0.3) is 0 Å². The third-order valence-electron chi connectivity index (χ3n) is 5.47. The molecule has 202 valence electrons. The van der Waals surface area contributed by atoms with Gasteiger partial charge in [-0.1, -0.05) is 24.3 Å². The fraction of sp³-hybridized carbons (Fsp3) is 0.0714. The number of amides is 4. The van der Waals surface area contributed by atoms with Crippen molar-refractivity contribution < 1.29 is 28.0 Å². The fourth-order valence-electron chi connectivity index (χ4n) is 3.29. The van der Waals surface area contributed by atoms with Gasteiger partial charge in [-0.05, 0) is 73.5 Å². The number of carbonyl (C=O) groups excluding carboxylic acids is 4. The number of rotatable bonds is 8. The van der Waals surface area contributed by atoms with Crippen molar-refractivity contribution in [1.29, 1.82) is 0 Å². The summed E-state index contributed by atoms with van der Waals surface area (Å²) in [6.07, 6.45) is 2.82. The van der Waals surface area contributed by atoms with Gasteiger partial charge in [0.1, 0.15) is 0 Å². The minimum Gasteiger partial charge on any atom is -0.459 e. The molecule has 2 aromatic heterocycles. The Hall–Kier alpha value is -5.78. The van der Waals surface area contributed by atoms with Gasteiger partial charge in [0, 0.05) is 11.4 Å². The maximum Gasteiger partial charge on any atom is 0.331 e. The van der Waals surface area contributed by atoms with Crippen molar-refractivity contribution in [3.8, 4) is 0 Å². The Balaban J connectivity index is 1.26. The van der Waals surface area contributed by atoms with E-state index in [0.29, 0.717) is 33.9 Å². The topological polar surface area (TPSA) is 167 Å². The summed E-state index contributed by atoms with van der Waals surface area (Å²) in [6, 6.07) is 19.8. The predicted octanol–water partition coefficient (Wildman–Crippen LogP) is 3.76. The molecule has 0 spiro atoms. The molecule has 0 bridgehead atoms. The van der Waals surface area contributed by atoms with E-state index in [-0.39, 0.29) is 23.3 Å². The zero-order valence-electron chi connectivity index (χ0n) is 21.4. The number of nitrogens with zero attached hydrogens (tertiary/aromatic N) is 2. The van der Waals surface area contributed by atoms with Crippen LogP contribution >= 0.6 is 0 Å². The average Bonchev–Trinajstić information content (AvgIpc) is 3.70. The minimum atomic E-state index is -1.01. The molecule has 0 radical (unpaired) electrons. The summed E-state index contributed by atoms with van der Waals surface area (Å²) in [5.41, 5.74) is 7.65. The number of anilines is 2. The summed E-state index contributed by atoms with van der Waals surface area (Å²) in [5, 5.41) is 13.3. The number of nitrogens with one attached hydrogen (secondary N) is 4. The highest BCUT2D eigenvalue weighted by molar-refractivity contribution is 6.35. The van der Waals surface area contributed by atoms with E-state index in [1.165, 1.54) is 12.5 Å². The molecule has 12 nitrogen and oxygen atoms in total. The van der Waals surface area contributed by atoms with Gasteiger partial charge < -0.3 is 19.5 Å². The second-order valence-electron chi connectivity index (χ2n) is 8.29. The standard InChI is InChI=1S/C28H24N6O6/c1-17(19-7-11-21(12-8-19)29-25(35)23-5-3-15-39-23)31-33-27(37)28(38)34-32-18(2)20-9-13-22(14-10-20)30-26(36)24-6-4-16-40-24/h3-16H,1-2H3,(H,29,35)(H,30,36)(H,33,37)(H,34,38)/b31-17-,32-18-. The summed E-state index contributed by atoms with van der Waals surface area (Å²) in [5.74, 6) is -2.40. The normalized spacial score (nSPS) is 11.4. The highest BCUT2D eigenvalue weighted by Crippen LogP contribution is 2.14. The van der Waals surface area contributed by atoms with Crippen LogP contribution in [0.15, 0.2) is 104 Å². The van der Waals surface area contributed by atoms with Crippen LogP contribution in [-0.4, -0.2) is 35.1 Å². The summed E-state index contributed by atoms with van der Waals surface area (Å²) in [4.78, 5) is 48.4. The van der Waals surface area contributed by atoms with E-state index in [1.807, 2.05) is 0 Å². The molecule has 0 saturated carbocycles. The molecule has 0 saturated heterocycles. The van der Waals surface area contributed by atoms with Crippen molar-refractivity contribution in [3.63, 3.8) is 0 Å². The molecule has 12 heteroatoms. The van der Waals surface area contributed by atoms with Crippen molar-refractivity contribution in [2.24, 2.45) is 10.2 Å². The van der Waals surface area contributed by atoms with Crippen LogP contribution < -0.4 is 21.5 Å². The van der Waals surface area contributed by atoms with Crippen LogP contribution in [0.4, 0.5) is 11.4 Å². The number of benzene rings is 2. The van der Waals surface area contributed by atoms with Gasteiger partial charge in [0.2, 0.25) is 0 Å². The van der Waals surface area contributed by atoms with Crippen LogP contribution in [0.3, 0.4) is 0 Å². The Bertz CT molecular complexity index is 1430. The second-order valence-corrected chi connectivity index (χ2v) is 8.29. The van der Waals surface area contributed by atoms with Crippen LogP contribution in [-0.2, 0) is 9.59 Å². The summed E-state index contributed by atoms with van der Waals surface area (Å²) in [7, 11) is 0. The maximum atomic E-state index is 12.2. The first-order valence-electron chi connectivity index (χ1n) is 11.9. The minimum absolute atomic E-state index is 0.187. The highest BCUT2D eigenvalue weighted by Gasteiger charge is 2.14. The Morgan fingerprint density at radius 1 is 0.575 bits per heavy atom. The van der Waals surface area contributed by atoms with Gasteiger partial charge >= 0.3 is 11.8 Å². The van der Waals surface area contributed by atoms with Crippen molar-refractivity contribution in [1.82, 2.24) is 10.9 Å². The number of carbonyl (C=O) groups is 4. The third kappa shape index (κ3) is 7.16. The average molecular weight is 541 g/mol. The molecule has 4 N–H and O–H groups in total. The van der Waals surface area contributed by atoms with Gasteiger partial charge in [-0.25, -0.2) is 10.9 Å². The monoisotopic (exact) mass is 540 g/mol. The van der Waals surface area contributed by atoms with Crippen molar-refractivity contribution in [2.45, 2.75) is 13.8 Å². The molecule has 2 aromatic carbocycles. The van der Waals surface area contributed by atoms with E-state index in [4.69, 9.17) is 8.83 Å². The number of hydrazone groups is 2. The van der Waals surface area contributed by atoms with Gasteiger partial charge in [-0.15, -0.1) is 0 Å². The molecule has 4 aromatic rings. The summed E-state index contributed by atoms with van der Waals surface area (Å²) in [6.45, 7) is 3.30. The van der Waals surface area contributed by atoms with Crippen LogP contribution in [0, 0.1) is 0 Å². The van der Waals surface area contributed by atoms with Gasteiger partial charge in [0.05, 0.1) is 23.9 Å². The zero-order valence-corrected chi connectivity index (χ0v) is 21.4.